The van der Waals surface area contributed by atoms with E-state index in [0.717, 1.165) is 49.2 Å². The van der Waals surface area contributed by atoms with E-state index in [-0.39, 0.29) is 28.4 Å². The summed E-state index contributed by atoms with van der Waals surface area (Å²) in [4.78, 5) is 27.3. The zero-order valence-electron chi connectivity index (χ0n) is 16.2. The zero-order chi connectivity index (χ0) is 18.7. The molecule has 4 aliphatic rings. The highest BCUT2D eigenvalue weighted by Gasteiger charge is 2.52. The number of Topliss-reactive ketones (excluding diaryl/α,β-unsaturated/α-hetero) is 1. The molecule has 1 N–H and O–H groups in total. The lowest BCUT2D eigenvalue weighted by Crippen LogP contribution is -2.46. The second kappa shape index (κ2) is 5.76. The smallest absolute Gasteiger partial charge is 0.225 e. The van der Waals surface area contributed by atoms with Crippen molar-refractivity contribution in [1.82, 2.24) is 10.2 Å². The highest BCUT2D eigenvalue weighted by molar-refractivity contribution is 6.00. The fraction of sp³-hybridized carbons (Fsp3) is 0.700. The van der Waals surface area contributed by atoms with E-state index in [9.17, 15) is 9.59 Å². The van der Waals surface area contributed by atoms with E-state index in [1.165, 1.54) is 5.57 Å². The van der Waals surface area contributed by atoms with Gasteiger partial charge in [-0.15, -0.1) is 5.11 Å². The van der Waals surface area contributed by atoms with E-state index >= 15 is 0 Å². The highest BCUT2D eigenvalue weighted by Crippen LogP contribution is 2.57. The van der Waals surface area contributed by atoms with Gasteiger partial charge in [-0.25, -0.2) is 0 Å². The Morgan fingerprint density at radius 1 is 1.19 bits per heavy atom. The Morgan fingerprint density at radius 2 is 1.88 bits per heavy atom. The van der Waals surface area contributed by atoms with E-state index in [2.05, 4.69) is 29.4 Å². The standard InChI is InChI=1S/C20H28N4O2/c1-19(2)9-14-16(15(25)10-19)20(13-11-21-23-17(13)22-14)7-5-12(6-8-20)18(26)24(3)4/h12,22H,5-11H2,1-4H3. The number of hydrogen-bond donors (Lipinski definition) is 1. The van der Waals surface area contributed by atoms with Gasteiger partial charge in [-0.3, -0.25) is 9.59 Å². The first kappa shape index (κ1) is 17.4. The second-order valence-corrected chi connectivity index (χ2v) is 9.24. The van der Waals surface area contributed by atoms with E-state index in [1.807, 2.05) is 14.1 Å². The van der Waals surface area contributed by atoms with Gasteiger partial charge >= 0.3 is 0 Å². The largest absolute Gasteiger partial charge is 0.349 e. The van der Waals surface area contributed by atoms with Gasteiger partial charge in [0.2, 0.25) is 5.91 Å². The Bertz CT molecular complexity index is 765. The molecule has 2 aliphatic heterocycles. The van der Waals surface area contributed by atoms with Crippen LogP contribution in [0.5, 0.6) is 0 Å². The van der Waals surface area contributed by atoms with Crippen LogP contribution in [0, 0.1) is 16.7 Å². The molecule has 0 saturated heterocycles. The number of fused-ring (bicyclic) bond motifs is 2. The molecule has 0 aromatic rings. The van der Waals surface area contributed by atoms with Crippen LogP contribution in [-0.4, -0.2) is 37.2 Å². The van der Waals surface area contributed by atoms with Crippen molar-refractivity contribution in [2.75, 3.05) is 20.6 Å². The van der Waals surface area contributed by atoms with Gasteiger partial charge in [0.05, 0.1) is 6.54 Å². The van der Waals surface area contributed by atoms with Crippen molar-refractivity contribution >= 4 is 11.7 Å². The molecule has 0 aromatic heterocycles. The number of azo groups is 1. The molecule has 1 amide bonds. The molecule has 6 heteroatoms. The number of dihydropyridines is 1. The van der Waals surface area contributed by atoms with Crippen molar-refractivity contribution in [3.63, 3.8) is 0 Å². The van der Waals surface area contributed by atoms with Gasteiger partial charge < -0.3 is 10.2 Å². The lowest BCUT2D eigenvalue weighted by Gasteiger charge is -2.48. The van der Waals surface area contributed by atoms with Gasteiger partial charge in [-0.2, -0.15) is 5.11 Å². The molecular formula is C20H28N4O2. The molecule has 2 aliphatic carbocycles. The van der Waals surface area contributed by atoms with Gasteiger partial charge in [0.15, 0.2) is 11.6 Å². The van der Waals surface area contributed by atoms with Crippen LogP contribution >= 0.6 is 0 Å². The van der Waals surface area contributed by atoms with Crippen molar-refractivity contribution in [3.8, 4) is 0 Å². The van der Waals surface area contributed by atoms with Crippen molar-refractivity contribution in [2.24, 2.45) is 27.0 Å². The molecule has 2 heterocycles. The average molecular weight is 356 g/mol. The van der Waals surface area contributed by atoms with Crippen LogP contribution in [0.3, 0.4) is 0 Å². The predicted molar refractivity (Wildman–Crippen MR) is 98.0 cm³/mol. The Balaban J connectivity index is 1.71. The summed E-state index contributed by atoms with van der Waals surface area (Å²) < 4.78 is 0. The zero-order valence-corrected chi connectivity index (χ0v) is 16.2. The van der Waals surface area contributed by atoms with Crippen LogP contribution in [0.15, 0.2) is 32.9 Å². The van der Waals surface area contributed by atoms with E-state index in [4.69, 9.17) is 0 Å². The van der Waals surface area contributed by atoms with E-state index in [0.29, 0.717) is 13.0 Å². The van der Waals surface area contributed by atoms with Gasteiger partial charge in [0, 0.05) is 48.7 Å². The molecule has 1 saturated carbocycles. The molecule has 0 aromatic carbocycles. The maximum Gasteiger partial charge on any atom is 0.225 e. The van der Waals surface area contributed by atoms with Crippen molar-refractivity contribution in [1.29, 1.82) is 0 Å². The fourth-order valence-electron chi connectivity index (χ4n) is 5.34. The topological polar surface area (TPSA) is 74.1 Å². The summed E-state index contributed by atoms with van der Waals surface area (Å²) in [6, 6.07) is 0. The quantitative estimate of drug-likeness (QED) is 0.784. The second-order valence-electron chi connectivity index (χ2n) is 9.24. The van der Waals surface area contributed by atoms with Crippen molar-refractivity contribution in [3.05, 3.63) is 22.7 Å². The minimum absolute atomic E-state index is 0.0317. The number of carbonyl (C=O) groups is 2. The van der Waals surface area contributed by atoms with Crippen LogP contribution < -0.4 is 5.32 Å². The monoisotopic (exact) mass is 356 g/mol. The average Bonchev–Trinajstić information content (AvgIpc) is 3.02. The highest BCUT2D eigenvalue weighted by atomic mass is 16.2. The minimum atomic E-state index is -0.268. The number of carbonyl (C=O) groups excluding carboxylic acids is 2. The molecule has 1 spiro atoms. The summed E-state index contributed by atoms with van der Waals surface area (Å²) in [5.74, 6) is 1.38. The van der Waals surface area contributed by atoms with Crippen molar-refractivity contribution < 1.29 is 9.59 Å². The molecule has 6 nitrogen and oxygen atoms in total. The molecule has 1 fully saturated rings. The van der Waals surface area contributed by atoms with E-state index < -0.39 is 0 Å². The Kier molecular flexibility index (Phi) is 3.86. The molecular weight excluding hydrogens is 328 g/mol. The Labute approximate surface area is 154 Å². The summed E-state index contributed by atoms with van der Waals surface area (Å²) in [6.07, 6.45) is 4.78. The summed E-state index contributed by atoms with van der Waals surface area (Å²) in [6.45, 7) is 4.87. The first-order valence-corrected chi connectivity index (χ1v) is 9.60. The normalized spacial score (nSPS) is 32.5. The predicted octanol–water partition coefficient (Wildman–Crippen LogP) is 3.18. The SMILES string of the molecule is CN(C)C(=O)C1CCC2(CC1)C1=C(N=NC1)NC1=C2C(=O)CC(C)(C)C1. The minimum Gasteiger partial charge on any atom is -0.349 e. The van der Waals surface area contributed by atoms with Crippen LogP contribution in [-0.2, 0) is 9.59 Å². The number of amides is 1. The van der Waals surface area contributed by atoms with Crippen LogP contribution in [0.25, 0.3) is 0 Å². The van der Waals surface area contributed by atoms with Crippen LogP contribution in [0.4, 0.5) is 0 Å². The molecule has 0 atom stereocenters. The number of hydrogen-bond acceptors (Lipinski definition) is 5. The van der Waals surface area contributed by atoms with Crippen molar-refractivity contribution in [2.45, 2.75) is 52.4 Å². The number of ketones is 1. The fourth-order valence-corrected chi connectivity index (χ4v) is 5.34. The first-order chi connectivity index (χ1) is 12.2. The number of nitrogens with one attached hydrogen (secondary N) is 1. The number of nitrogens with zero attached hydrogens (tertiary/aromatic N) is 3. The molecule has 4 rings (SSSR count). The summed E-state index contributed by atoms with van der Waals surface area (Å²) in [5.41, 5.74) is 2.88. The first-order valence-electron chi connectivity index (χ1n) is 9.60. The molecule has 140 valence electrons. The number of rotatable bonds is 1. The third-order valence-electron chi connectivity index (χ3n) is 6.52. The van der Waals surface area contributed by atoms with Gasteiger partial charge in [-0.05, 0) is 37.5 Å². The van der Waals surface area contributed by atoms with Gasteiger partial charge in [0.25, 0.3) is 0 Å². The lowest BCUT2D eigenvalue weighted by molar-refractivity contribution is -0.134. The maximum absolute atomic E-state index is 13.2. The summed E-state index contributed by atoms with van der Waals surface area (Å²) >= 11 is 0. The molecule has 26 heavy (non-hydrogen) atoms. The van der Waals surface area contributed by atoms with Crippen LogP contribution in [0.1, 0.15) is 52.4 Å². The Morgan fingerprint density at radius 3 is 2.54 bits per heavy atom. The third kappa shape index (κ3) is 2.53. The third-order valence-corrected chi connectivity index (χ3v) is 6.52. The summed E-state index contributed by atoms with van der Waals surface area (Å²) in [5, 5.41) is 12.0. The number of allylic oxidation sites excluding steroid dienone is 2. The lowest BCUT2D eigenvalue weighted by atomic mass is 9.57. The van der Waals surface area contributed by atoms with Gasteiger partial charge in [-0.1, -0.05) is 13.8 Å². The maximum atomic E-state index is 13.2. The molecule has 0 radical (unpaired) electrons. The molecule has 0 bridgehead atoms. The van der Waals surface area contributed by atoms with Gasteiger partial charge in [0.1, 0.15) is 0 Å². The Hall–Kier alpha value is -1.98. The van der Waals surface area contributed by atoms with E-state index in [1.54, 1.807) is 4.90 Å². The summed E-state index contributed by atoms with van der Waals surface area (Å²) in [7, 11) is 3.64. The molecule has 0 unspecified atom stereocenters. The van der Waals surface area contributed by atoms with Crippen LogP contribution in [0.2, 0.25) is 0 Å².